The maximum Gasteiger partial charge on any atom is 0.408 e. The predicted molar refractivity (Wildman–Crippen MR) is 174 cm³/mol. The molecule has 2 unspecified atom stereocenters. The molecular formula is C35H41FN2O9S. The van der Waals surface area contributed by atoms with Crippen LogP contribution in [0.15, 0.2) is 90.0 Å². The van der Waals surface area contributed by atoms with Gasteiger partial charge in [-0.1, -0.05) is 56.3 Å². The van der Waals surface area contributed by atoms with Crippen LogP contribution in [0.2, 0.25) is 0 Å². The Morgan fingerprint density at radius 1 is 1.21 bits per heavy atom. The fourth-order valence-corrected chi connectivity index (χ4v) is 5.72. The minimum atomic E-state index is -6.73. The fraction of sp³-hybridized carbons (Fsp3) is 0.400. The van der Waals surface area contributed by atoms with Crippen molar-refractivity contribution in [2.24, 2.45) is 11.8 Å². The number of carbonyl (C=O) groups is 1. The maximum atomic E-state index is 15.8. The number of rotatable bonds is 16. The standard InChI is InChI=1S/C35H41FN2O9S/c1-23(2)19-37(48(42,43)27-13-14-33(44-3)29(36)18-27)20-32(39)30(38(35(40)41)31-22-47-34-28(31)15-16-45-34)17-24-9-11-26(12-10-24)46-21-25-7-5-4-6-8-25/h4-16,18,23,28,30-32,34,39H,17,19-22H2,1-3H3,(H,40,41)/t28-,30-,31?,32+,34-/m0/s1/i1D,3D3,13D,14D,17D2,18D,19D2,20D2,23D,30D,32D,39D/t23?,28-,30-,31?,32+,34-. The Kier molecular flexibility index (Phi) is 6.13. The molecule has 0 spiro atoms. The summed E-state index contributed by atoms with van der Waals surface area (Å²) in [5.74, 6) is -8.39. The zero-order valence-corrected chi connectivity index (χ0v) is 25.9. The van der Waals surface area contributed by atoms with Gasteiger partial charge in [-0.25, -0.2) is 17.6 Å². The third-order valence-corrected chi connectivity index (χ3v) is 8.25. The number of fused-ring (bicyclic) bond motifs is 1. The van der Waals surface area contributed by atoms with E-state index in [9.17, 15) is 26.5 Å². The van der Waals surface area contributed by atoms with E-state index < -0.39 is 137 Å². The van der Waals surface area contributed by atoms with Crippen LogP contribution in [0.3, 0.4) is 0 Å². The second kappa shape index (κ2) is 15.4. The quantitative estimate of drug-likeness (QED) is 0.214. The van der Waals surface area contributed by atoms with Gasteiger partial charge in [-0.15, -0.1) is 0 Å². The summed E-state index contributed by atoms with van der Waals surface area (Å²) in [7, 11) is -10.3. The molecule has 1 saturated heterocycles. The number of halogens is 1. The van der Waals surface area contributed by atoms with E-state index in [1.807, 2.05) is 0 Å². The van der Waals surface area contributed by atoms with Gasteiger partial charge in [-0.05, 0) is 59.7 Å². The number of amides is 1. The average Bonchev–Trinajstić information content (AvgIpc) is 3.85. The lowest BCUT2D eigenvalue weighted by Gasteiger charge is -2.39. The molecule has 3 aromatic rings. The van der Waals surface area contributed by atoms with Gasteiger partial charge < -0.3 is 29.2 Å². The molecule has 1 amide bonds. The number of carboxylic acid groups (broad SMARTS) is 1. The molecule has 3 aromatic carbocycles. The van der Waals surface area contributed by atoms with Crippen LogP contribution in [0, 0.1) is 17.6 Å². The molecule has 2 aliphatic heterocycles. The van der Waals surface area contributed by atoms with Crippen LogP contribution >= 0.6 is 0 Å². The van der Waals surface area contributed by atoms with Gasteiger partial charge in [0.05, 0.1) is 59.8 Å². The van der Waals surface area contributed by atoms with E-state index in [2.05, 4.69) is 9.85 Å². The third-order valence-electron chi connectivity index (χ3n) is 6.87. The van der Waals surface area contributed by atoms with Crippen LogP contribution in [0.4, 0.5) is 9.18 Å². The number of hydrogen-bond acceptors (Lipinski definition) is 8. The molecule has 0 bridgehead atoms. The molecule has 48 heavy (non-hydrogen) atoms. The first-order valence-electron chi connectivity index (χ1n) is 22.6. The van der Waals surface area contributed by atoms with Gasteiger partial charge in [0, 0.05) is 24.0 Å². The smallest absolute Gasteiger partial charge is 0.408 e. The van der Waals surface area contributed by atoms with Crippen molar-refractivity contribution in [3.8, 4) is 11.5 Å². The van der Waals surface area contributed by atoms with Crippen molar-refractivity contribution in [3.63, 3.8) is 0 Å². The van der Waals surface area contributed by atoms with Crippen molar-refractivity contribution in [1.29, 1.82) is 1.43 Å². The maximum absolute atomic E-state index is 15.8. The van der Waals surface area contributed by atoms with Crippen molar-refractivity contribution >= 4 is 16.1 Å². The van der Waals surface area contributed by atoms with E-state index in [0.29, 0.717) is 12.5 Å². The van der Waals surface area contributed by atoms with E-state index in [-0.39, 0.29) is 17.3 Å². The van der Waals surface area contributed by atoms with Crippen molar-refractivity contribution in [3.05, 3.63) is 102 Å². The van der Waals surface area contributed by atoms with Crippen molar-refractivity contribution in [2.45, 2.75) is 56.1 Å². The fourth-order valence-electron chi connectivity index (χ4n) is 4.66. The molecule has 2 heterocycles. The second-order valence-electron chi connectivity index (χ2n) is 10.3. The summed E-state index contributed by atoms with van der Waals surface area (Å²) in [5, 5.41) is 15.5. The molecule has 0 aromatic heterocycles. The molecule has 1 fully saturated rings. The summed E-state index contributed by atoms with van der Waals surface area (Å²) in [6, 6.07) is 0.893. The first-order valence-corrected chi connectivity index (χ1v) is 15.5. The van der Waals surface area contributed by atoms with E-state index in [1.54, 1.807) is 30.3 Å². The van der Waals surface area contributed by atoms with Crippen LogP contribution in [0.25, 0.3) is 0 Å². The highest BCUT2D eigenvalue weighted by Crippen LogP contribution is 2.35. The van der Waals surface area contributed by atoms with Crippen molar-refractivity contribution in [2.75, 3.05) is 26.6 Å². The number of aliphatic hydroxyl groups is 1. The predicted octanol–water partition coefficient (Wildman–Crippen LogP) is 4.90. The number of methoxy groups -OCH3 is 1. The summed E-state index contributed by atoms with van der Waals surface area (Å²) in [6.45, 7) is -11.1. The Hall–Kier alpha value is -4.17. The van der Waals surface area contributed by atoms with E-state index in [4.69, 9.17) is 29.3 Å². The largest absolute Gasteiger partial charge is 0.494 e. The van der Waals surface area contributed by atoms with Gasteiger partial charge >= 0.3 is 6.09 Å². The molecule has 6 atom stereocenters. The van der Waals surface area contributed by atoms with Crippen LogP contribution in [0.5, 0.6) is 11.5 Å². The minimum absolute atomic E-state index is 0.00870. The number of nitrogens with zero attached hydrogens (tertiary/aromatic N) is 2. The highest BCUT2D eigenvalue weighted by atomic mass is 32.2. The Morgan fingerprint density at radius 2 is 2.00 bits per heavy atom. The number of benzene rings is 3. The Morgan fingerprint density at radius 3 is 2.71 bits per heavy atom. The molecule has 258 valence electrons. The zero-order chi connectivity index (χ0) is 49.1. The van der Waals surface area contributed by atoms with Gasteiger partial charge in [0.2, 0.25) is 17.7 Å². The van der Waals surface area contributed by atoms with E-state index in [1.165, 1.54) is 6.08 Å². The van der Waals surface area contributed by atoms with Crippen molar-refractivity contribution in [1.82, 2.24) is 9.21 Å². The highest BCUT2D eigenvalue weighted by Gasteiger charge is 2.48. The van der Waals surface area contributed by atoms with Gasteiger partial charge in [0.15, 0.2) is 11.6 Å². The first kappa shape index (κ1) is 19.1. The van der Waals surface area contributed by atoms with Gasteiger partial charge in [-0.2, -0.15) is 4.31 Å². The summed E-state index contributed by atoms with van der Waals surface area (Å²) >= 11 is 0. The van der Waals surface area contributed by atoms with E-state index in [0.717, 1.165) is 30.5 Å². The number of sulfonamides is 1. The highest BCUT2D eigenvalue weighted by molar-refractivity contribution is 7.89. The molecule has 13 heteroatoms. The molecule has 0 saturated carbocycles. The van der Waals surface area contributed by atoms with Crippen LogP contribution < -0.4 is 9.47 Å². The Bertz CT molecular complexity index is 2370. The number of ether oxygens (including phenoxy) is 4. The minimum Gasteiger partial charge on any atom is -0.494 e. The third kappa shape index (κ3) is 8.09. The topological polar surface area (TPSA) is 135 Å². The Balaban J connectivity index is 1.84. The normalized spacial score (nSPS) is 28.7. The zero-order valence-electron chi connectivity index (χ0n) is 42.1. The van der Waals surface area contributed by atoms with Crippen LogP contribution in [0.1, 0.15) is 46.9 Å². The molecule has 2 aliphatic rings. The van der Waals surface area contributed by atoms with Crippen LogP contribution in [-0.2, 0) is 32.5 Å². The lowest BCUT2D eigenvalue weighted by Crippen LogP contribution is -2.57. The monoisotopic (exact) mass is 701 g/mol. The molecule has 5 rings (SSSR count). The second-order valence-corrected chi connectivity index (χ2v) is 12.0. The number of hydrogen-bond donors (Lipinski definition) is 2. The van der Waals surface area contributed by atoms with Crippen LogP contribution in [-0.4, -0.2) is 86.4 Å². The first-order chi connectivity index (χ1) is 29.8. The summed E-state index contributed by atoms with van der Waals surface area (Å²) in [5.41, 5.74) is -0.0687. The van der Waals surface area contributed by atoms with Gasteiger partial charge in [0.1, 0.15) is 12.4 Å². The molecule has 2 N–H and O–H groups in total. The molecule has 11 nitrogen and oxygen atoms in total. The lowest BCUT2D eigenvalue weighted by atomic mass is 9.94. The SMILES string of the molecule is [2H]CC([2H])(C)C([2H])([2H])N(C([2H])([2H])[C@@]([2H])(O[2H])[C@@]([2H])(N(C(=O)O)C1CO[C@@H]2OC=C[C@@H]12)C([2H])([2H])c1ccc(OCc2ccccc2)cc1)S(=O)(=O)c1c([2H])c([2H])c(OC([2H])([2H])[2H])c(F)c1[2H]. The Labute approximate surface area is 304 Å². The molecule has 0 radical (unpaired) electrons. The molecule has 0 aliphatic carbocycles. The van der Waals surface area contributed by atoms with E-state index >= 15 is 4.39 Å². The van der Waals surface area contributed by atoms with Gasteiger partial charge in [0.25, 0.3) is 0 Å². The average molecular weight is 702 g/mol. The summed E-state index contributed by atoms with van der Waals surface area (Å²) in [6.07, 6.45) is -10.1. The lowest BCUT2D eigenvalue weighted by molar-refractivity contribution is -0.0690. The van der Waals surface area contributed by atoms with Crippen molar-refractivity contribution < 1.29 is 68.7 Å². The summed E-state index contributed by atoms with van der Waals surface area (Å²) in [4.78, 5) is 11.3. The summed E-state index contributed by atoms with van der Waals surface area (Å²) < 4.78 is 213. The van der Waals surface area contributed by atoms with Gasteiger partial charge in [-0.3, -0.25) is 4.90 Å². The molecular weight excluding hydrogens is 643 g/mol.